The number of carbonyl (C=O) groups excluding carboxylic acids is 2. The summed E-state index contributed by atoms with van der Waals surface area (Å²) in [5, 5.41) is 9.89. The molecule has 2 aliphatic heterocycles. The Morgan fingerprint density at radius 1 is 0.693 bits per heavy atom. The van der Waals surface area contributed by atoms with Crippen LogP contribution in [0.15, 0.2) is 98.1 Å². The fourth-order valence-electron chi connectivity index (χ4n) is 8.35. The van der Waals surface area contributed by atoms with Gasteiger partial charge in [-0.05, 0) is 60.5 Å². The Balaban J connectivity index is 1.10. The molecule has 2 fully saturated rings. The molecule has 2 unspecified atom stereocenters. The Morgan fingerprint density at radius 3 is 1.56 bits per heavy atom. The van der Waals surface area contributed by atoms with Gasteiger partial charge in [-0.2, -0.15) is 0 Å². The molecule has 2 saturated heterocycles. The zero-order valence-electron chi connectivity index (χ0n) is 43.6. The number of anilines is 2. The predicted molar refractivity (Wildman–Crippen MR) is 282 cm³/mol. The number of aromatic nitrogens is 8. The molecule has 0 bridgehead atoms. The second-order valence-corrected chi connectivity index (χ2v) is 31.9. The predicted octanol–water partition coefficient (Wildman–Crippen LogP) is 8.16. The third kappa shape index (κ3) is 11.5. The Morgan fingerprint density at radius 2 is 1.13 bits per heavy atom. The number of nitrogens with zero attached hydrogens (tertiary/aromatic N) is 10. The third-order valence-corrected chi connectivity index (χ3v) is 24.1. The van der Waals surface area contributed by atoms with Gasteiger partial charge in [0, 0.05) is 24.2 Å². The molecule has 25 heteroatoms. The zero-order valence-corrected chi connectivity index (χ0v) is 46.6. The molecule has 9 atom stereocenters. The summed E-state index contributed by atoms with van der Waals surface area (Å²) < 4.78 is 78.2. The first-order valence-corrected chi connectivity index (χ1v) is 31.7. The lowest BCUT2D eigenvalue weighted by Gasteiger charge is -2.39. The van der Waals surface area contributed by atoms with Crippen LogP contribution in [0.1, 0.15) is 74.7 Å². The summed E-state index contributed by atoms with van der Waals surface area (Å²) in [4.78, 5) is 68.5. The van der Waals surface area contributed by atoms with Crippen molar-refractivity contribution in [2.75, 3.05) is 36.1 Å². The summed E-state index contributed by atoms with van der Waals surface area (Å²) in [6, 6.07) is 17.0. The summed E-state index contributed by atoms with van der Waals surface area (Å²) in [5.74, 6) is -0.753. The number of halogens is 2. The number of alkyl halides is 2. The van der Waals surface area contributed by atoms with Gasteiger partial charge in [0.25, 0.3) is 11.8 Å². The van der Waals surface area contributed by atoms with Gasteiger partial charge in [0.1, 0.15) is 37.1 Å². The quantitative estimate of drug-likeness (QED) is 0.0470. The normalized spacial score (nSPS) is 23.1. The first-order valence-electron chi connectivity index (χ1n) is 24.6. The molecular formula is C50H65F2N10O10PSi2. The second kappa shape index (κ2) is 22.2. The summed E-state index contributed by atoms with van der Waals surface area (Å²) in [7, 11) is -8.49. The first-order chi connectivity index (χ1) is 35.4. The van der Waals surface area contributed by atoms with Gasteiger partial charge < -0.3 is 32.8 Å². The van der Waals surface area contributed by atoms with E-state index in [9.17, 15) is 24.2 Å². The number of ether oxygens (including phenoxy) is 2. The van der Waals surface area contributed by atoms with E-state index in [4.69, 9.17) is 22.8 Å². The molecular weight excluding hydrogens is 1030 g/mol. The number of carbonyl (C=O) groups is 2. The monoisotopic (exact) mass is 1090 g/mol. The molecule has 20 nitrogen and oxygen atoms in total. The van der Waals surface area contributed by atoms with Gasteiger partial charge >= 0.3 is 8.25 Å². The van der Waals surface area contributed by atoms with Crippen molar-refractivity contribution in [1.29, 1.82) is 0 Å². The number of aliphatic hydroxyl groups excluding tert-OH is 1. The highest BCUT2D eigenvalue weighted by Gasteiger charge is 2.52. The van der Waals surface area contributed by atoms with Gasteiger partial charge in [-0.3, -0.25) is 33.1 Å². The van der Waals surface area contributed by atoms with E-state index in [1.165, 1.54) is 44.2 Å². The number of hydrogen-bond donors (Lipinski definition) is 2. The van der Waals surface area contributed by atoms with E-state index in [0.29, 0.717) is 11.1 Å². The number of hydrogen-bond acceptors (Lipinski definition) is 15. The van der Waals surface area contributed by atoms with Crippen LogP contribution < -0.4 is 9.80 Å². The van der Waals surface area contributed by atoms with Crippen LogP contribution in [-0.4, -0.2) is 141 Å². The summed E-state index contributed by atoms with van der Waals surface area (Å²) in [6.07, 6.45) is -2.46. The molecule has 0 spiro atoms. The summed E-state index contributed by atoms with van der Waals surface area (Å²) in [5.41, 5.74) is 1.20. The van der Waals surface area contributed by atoms with Crippen molar-refractivity contribution in [3.8, 4) is 0 Å². The molecule has 0 radical (unpaired) electrons. The maximum absolute atomic E-state index is 16.6. The molecule has 6 heterocycles. The van der Waals surface area contributed by atoms with Crippen molar-refractivity contribution in [3.05, 3.63) is 109 Å². The fourth-order valence-corrected chi connectivity index (χ4v) is 11.2. The van der Waals surface area contributed by atoms with Crippen LogP contribution in [0.25, 0.3) is 22.3 Å². The van der Waals surface area contributed by atoms with Crippen LogP contribution in [0.4, 0.5) is 20.4 Å². The van der Waals surface area contributed by atoms with Crippen LogP contribution in [-0.2, 0) is 27.4 Å². The van der Waals surface area contributed by atoms with Gasteiger partial charge in [0.05, 0.1) is 25.9 Å². The third-order valence-electron chi connectivity index (χ3n) is 14.6. The standard InChI is InChI=1S/C50H65F2N10O10PSi2/c1-49(2,3)74(7,8)68-26-34-39(71-73(66)67)35(51)47(70-34)61-29-57-37-41(53-27-55-43(37)61)59(45(64)31-19-13-11-14-20-31)23-17-18-24-60(46(65)32-21-15-12-16-22-32)42-38-44(56-28-54-42)62(30-58-38)48-36(52)40(33(25-63)69-48)72-75(9,10)50(4,5)6/h11-22,27-30,33-36,39-40,47-48,63,73H,23-26H2,1-10H3,(H,66,67)/b18-17+/t33-,34-,35-,36-,39-,40-,47-,48?/m1/s1. The number of benzene rings is 2. The van der Waals surface area contributed by atoms with Crippen molar-refractivity contribution in [2.45, 2.75) is 127 Å². The smallest absolute Gasteiger partial charge is 0.317 e. The average molecular weight is 1090 g/mol. The molecule has 2 aliphatic rings. The van der Waals surface area contributed by atoms with Gasteiger partial charge in [0.15, 0.2) is 75.4 Å². The van der Waals surface area contributed by atoms with E-state index in [-0.39, 0.29) is 63.7 Å². The molecule has 402 valence electrons. The van der Waals surface area contributed by atoms with Crippen molar-refractivity contribution in [1.82, 2.24) is 39.0 Å². The second-order valence-electron chi connectivity index (χ2n) is 21.5. The van der Waals surface area contributed by atoms with Crippen molar-refractivity contribution < 1.29 is 55.8 Å². The average Bonchev–Trinajstić information content (AvgIpc) is 4.15. The molecule has 6 aromatic rings. The molecule has 2 amide bonds. The Labute approximate surface area is 436 Å². The molecule has 4 aromatic heterocycles. The molecule has 0 aliphatic carbocycles. The molecule has 2 N–H and O–H groups in total. The topological polar surface area (TPSA) is 231 Å². The largest absolute Gasteiger partial charge is 0.414 e. The lowest BCUT2D eigenvalue weighted by atomic mass is 10.1. The van der Waals surface area contributed by atoms with Crippen molar-refractivity contribution in [3.63, 3.8) is 0 Å². The SMILES string of the molecule is CC(C)(C)[Si](C)(C)OC[C@H]1O[C@@H](n2cnc3c(N(C/C=C/CN(C(=O)c4ccccc4)c4ncnc5c4ncn5C4O[C@H](CO)[C@@H](O[Si](C)(C)C(C)(C)C)[C@H]4F)C(=O)c4ccccc4)ncnc32)[C@H](F)[C@@H]1O[PH](=O)O. The van der Waals surface area contributed by atoms with E-state index < -0.39 is 92.5 Å². The van der Waals surface area contributed by atoms with Gasteiger partial charge in [-0.15, -0.1) is 0 Å². The minimum Gasteiger partial charge on any atom is -0.414 e. The molecule has 0 saturated carbocycles. The minimum atomic E-state index is -3.60. The summed E-state index contributed by atoms with van der Waals surface area (Å²) in [6.45, 7) is 19.5. The number of aliphatic hydroxyl groups is 1. The van der Waals surface area contributed by atoms with Gasteiger partial charge in [-0.1, -0.05) is 90.1 Å². The molecule has 8 rings (SSSR count). The highest BCUT2D eigenvalue weighted by molar-refractivity contribution is 7.32. The van der Waals surface area contributed by atoms with Crippen molar-refractivity contribution >= 4 is 70.7 Å². The van der Waals surface area contributed by atoms with Crippen LogP contribution >= 0.6 is 8.25 Å². The number of rotatable bonds is 18. The molecule has 2 aromatic carbocycles. The van der Waals surface area contributed by atoms with Crippen LogP contribution in [0, 0.1) is 0 Å². The maximum Gasteiger partial charge on any atom is 0.317 e. The number of imidazole rings is 2. The zero-order chi connectivity index (χ0) is 54.2. The van der Waals surface area contributed by atoms with Gasteiger partial charge in [0.2, 0.25) is 0 Å². The maximum atomic E-state index is 16.6. The Bertz CT molecular complexity index is 3030. The van der Waals surface area contributed by atoms with Crippen LogP contribution in [0.5, 0.6) is 0 Å². The Hall–Kier alpha value is -5.54. The van der Waals surface area contributed by atoms with E-state index in [0.717, 1.165) is 0 Å². The van der Waals surface area contributed by atoms with Crippen LogP contribution in [0.2, 0.25) is 36.3 Å². The van der Waals surface area contributed by atoms with Gasteiger partial charge in [-0.25, -0.2) is 38.7 Å². The highest BCUT2D eigenvalue weighted by atomic mass is 31.1. The van der Waals surface area contributed by atoms with Crippen LogP contribution in [0.3, 0.4) is 0 Å². The lowest BCUT2D eigenvalue weighted by Crippen LogP contribution is -2.49. The Kier molecular flexibility index (Phi) is 16.5. The summed E-state index contributed by atoms with van der Waals surface area (Å²) >= 11 is 0. The van der Waals surface area contributed by atoms with Crippen molar-refractivity contribution in [2.24, 2.45) is 0 Å². The number of amides is 2. The van der Waals surface area contributed by atoms with E-state index in [2.05, 4.69) is 50.7 Å². The van der Waals surface area contributed by atoms with E-state index >= 15 is 8.78 Å². The van der Waals surface area contributed by atoms with E-state index in [1.807, 2.05) is 47.0 Å². The molecule has 75 heavy (non-hydrogen) atoms. The highest BCUT2D eigenvalue weighted by Crippen LogP contribution is 2.44. The first kappa shape index (κ1) is 55.7. The van der Waals surface area contributed by atoms with E-state index in [1.54, 1.807) is 72.8 Å². The lowest BCUT2D eigenvalue weighted by molar-refractivity contribution is -0.0445. The number of fused-ring (bicyclic) bond motifs is 2. The minimum absolute atomic E-state index is 0.0673. The fraction of sp³-hybridized carbons (Fsp3) is 0.480.